The number of nitrogens with zero attached hydrogens (tertiary/aromatic N) is 2. The highest BCUT2D eigenvalue weighted by Crippen LogP contribution is 2.33. The number of imide groups is 1. The molecule has 0 radical (unpaired) electrons. The predicted octanol–water partition coefficient (Wildman–Crippen LogP) is 2.19. The number of carbonyl (C=O) groups is 4. The van der Waals surface area contributed by atoms with Crippen molar-refractivity contribution in [2.24, 2.45) is 0 Å². The quantitative estimate of drug-likeness (QED) is 0.626. The first-order valence-electron chi connectivity index (χ1n) is 11.0. The minimum Gasteiger partial charge on any atom is -0.350 e. The lowest BCUT2D eigenvalue weighted by molar-refractivity contribution is -0.135. The second-order valence-electron chi connectivity index (χ2n) is 8.57. The molecule has 9 heteroatoms. The number of hydrogen-bond acceptors (Lipinski definition) is 4. The SMILES string of the molecule is O=C(CN1C(=O)NC2(CCCCC2)C1=O)NCc1cccc(NC(=O)N2CCCC2)c1. The van der Waals surface area contributed by atoms with Crippen LogP contribution >= 0.6 is 0 Å². The van der Waals surface area contributed by atoms with Crippen molar-refractivity contribution >= 4 is 29.6 Å². The monoisotopic (exact) mass is 427 g/mol. The molecule has 1 saturated carbocycles. The van der Waals surface area contributed by atoms with Crippen LogP contribution in [-0.4, -0.2) is 58.8 Å². The molecule has 4 rings (SSSR count). The average Bonchev–Trinajstić information content (AvgIpc) is 3.38. The van der Waals surface area contributed by atoms with Gasteiger partial charge in [-0.25, -0.2) is 9.59 Å². The van der Waals surface area contributed by atoms with E-state index in [2.05, 4.69) is 16.0 Å². The Hall–Kier alpha value is -3.10. The highest BCUT2D eigenvalue weighted by atomic mass is 16.2. The van der Waals surface area contributed by atoms with E-state index in [9.17, 15) is 19.2 Å². The van der Waals surface area contributed by atoms with E-state index in [1.165, 1.54) is 0 Å². The minimum absolute atomic E-state index is 0.117. The van der Waals surface area contributed by atoms with Crippen LogP contribution in [-0.2, 0) is 16.1 Å². The van der Waals surface area contributed by atoms with E-state index >= 15 is 0 Å². The lowest BCUT2D eigenvalue weighted by Gasteiger charge is -2.30. The molecule has 3 N–H and O–H groups in total. The standard InChI is InChI=1S/C22H29N5O4/c28-18(15-27-19(29)22(25-21(27)31)9-2-1-3-10-22)23-14-16-7-6-8-17(13-16)24-20(30)26-11-4-5-12-26/h6-8,13H,1-5,9-12,14-15H2,(H,23,28)(H,24,30)(H,25,31). The van der Waals surface area contributed by atoms with E-state index in [-0.39, 0.29) is 25.0 Å². The minimum atomic E-state index is -0.822. The molecule has 31 heavy (non-hydrogen) atoms. The number of hydrogen-bond donors (Lipinski definition) is 3. The van der Waals surface area contributed by atoms with Gasteiger partial charge in [-0.1, -0.05) is 31.4 Å². The summed E-state index contributed by atoms with van der Waals surface area (Å²) in [5.74, 6) is -0.693. The number of benzene rings is 1. The smallest absolute Gasteiger partial charge is 0.325 e. The van der Waals surface area contributed by atoms with Crippen LogP contribution in [0.2, 0.25) is 0 Å². The maximum absolute atomic E-state index is 12.8. The molecule has 2 heterocycles. The molecule has 1 aliphatic carbocycles. The Morgan fingerprint density at radius 1 is 1.03 bits per heavy atom. The molecule has 0 bridgehead atoms. The van der Waals surface area contributed by atoms with Crippen molar-refractivity contribution < 1.29 is 19.2 Å². The molecule has 0 atom stereocenters. The molecule has 2 aliphatic heterocycles. The van der Waals surface area contributed by atoms with Crippen molar-refractivity contribution in [3.05, 3.63) is 29.8 Å². The Bertz CT molecular complexity index is 874. The highest BCUT2D eigenvalue weighted by molar-refractivity contribution is 6.09. The Kier molecular flexibility index (Phi) is 6.11. The zero-order valence-electron chi connectivity index (χ0n) is 17.6. The van der Waals surface area contributed by atoms with Crippen LogP contribution < -0.4 is 16.0 Å². The summed E-state index contributed by atoms with van der Waals surface area (Å²) >= 11 is 0. The molecular weight excluding hydrogens is 398 g/mol. The molecule has 166 valence electrons. The van der Waals surface area contributed by atoms with E-state index < -0.39 is 17.5 Å². The van der Waals surface area contributed by atoms with Crippen LogP contribution in [0.1, 0.15) is 50.5 Å². The van der Waals surface area contributed by atoms with Gasteiger partial charge in [-0.15, -0.1) is 0 Å². The number of nitrogens with one attached hydrogen (secondary N) is 3. The lowest BCUT2D eigenvalue weighted by atomic mass is 9.82. The molecule has 9 nitrogen and oxygen atoms in total. The van der Waals surface area contributed by atoms with Crippen LogP contribution in [0.25, 0.3) is 0 Å². The first kappa shape index (κ1) is 21.1. The van der Waals surface area contributed by atoms with Gasteiger partial charge < -0.3 is 20.9 Å². The van der Waals surface area contributed by atoms with Gasteiger partial charge in [0.2, 0.25) is 5.91 Å². The van der Waals surface area contributed by atoms with E-state index in [1.54, 1.807) is 17.0 Å². The third kappa shape index (κ3) is 4.65. The molecule has 2 saturated heterocycles. The molecule has 1 aromatic carbocycles. The van der Waals surface area contributed by atoms with Gasteiger partial charge in [0.1, 0.15) is 12.1 Å². The molecule has 1 aromatic rings. The number of likely N-dealkylation sites (tertiary alicyclic amines) is 1. The van der Waals surface area contributed by atoms with Crippen molar-refractivity contribution in [1.82, 2.24) is 20.4 Å². The Balaban J connectivity index is 1.29. The normalized spacial score (nSPS) is 20.1. The van der Waals surface area contributed by atoms with Crippen molar-refractivity contribution in [3.8, 4) is 0 Å². The Morgan fingerprint density at radius 3 is 2.52 bits per heavy atom. The number of carbonyl (C=O) groups excluding carboxylic acids is 4. The van der Waals surface area contributed by atoms with E-state index in [4.69, 9.17) is 0 Å². The fourth-order valence-corrected chi connectivity index (χ4v) is 4.60. The largest absolute Gasteiger partial charge is 0.350 e. The van der Waals surface area contributed by atoms with Gasteiger partial charge in [0.15, 0.2) is 0 Å². The summed E-state index contributed by atoms with van der Waals surface area (Å²) in [6.45, 7) is 1.48. The molecule has 6 amide bonds. The topological polar surface area (TPSA) is 111 Å². The van der Waals surface area contributed by atoms with Gasteiger partial charge in [-0.2, -0.15) is 0 Å². The van der Waals surface area contributed by atoms with E-state index in [0.717, 1.165) is 55.7 Å². The van der Waals surface area contributed by atoms with E-state index in [0.29, 0.717) is 18.5 Å². The number of anilines is 1. The van der Waals surface area contributed by atoms with Crippen molar-refractivity contribution in [3.63, 3.8) is 0 Å². The van der Waals surface area contributed by atoms with Gasteiger partial charge in [0.25, 0.3) is 5.91 Å². The molecular formula is C22H29N5O4. The first-order chi connectivity index (χ1) is 15.0. The van der Waals surface area contributed by atoms with Crippen molar-refractivity contribution in [2.45, 2.75) is 57.0 Å². The Labute approximate surface area is 181 Å². The fraction of sp³-hybridized carbons (Fsp3) is 0.545. The average molecular weight is 428 g/mol. The zero-order valence-corrected chi connectivity index (χ0v) is 17.6. The van der Waals surface area contributed by atoms with Gasteiger partial charge in [0.05, 0.1) is 0 Å². The summed E-state index contributed by atoms with van der Waals surface area (Å²) in [5, 5.41) is 8.45. The van der Waals surface area contributed by atoms with Gasteiger partial charge >= 0.3 is 12.1 Å². The Morgan fingerprint density at radius 2 is 1.77 bits per heavy atom. The van der Waals surface area contributed by atoms with Crippen molar-refractivity contribution in [2.75, 3.05) is 25.0 Å². The number of urea groups is 2. The second kappa shape index (κ2) is 8.95. The summed E-state index contributed by atoms with van der Waals surface area (Å²) in [4.78, 5) is 52.5. The first-order valence-corrected chi connectivity index (χ1v) is 11.0. The van der Waals surface area contributed by atoms with Crippen LogP contribution in [0.5, 0.6) is 0 Å². The van der Waals surface area contributed by atoms with Crippen molar-refractivity contribution in [1.29, 1.82) is 0 Å². The maximum atomic E-state index is 12.8. The summed E-state index contributed by atoms with van der Waals surface area (Å²) in [7, 11) is 0. The van der Waals surface area contributed by atoms with Crippen LogP contribution in [0, 0.1) is 0 Å². The zero-order chi connectivity index (χ0) is 21.8. The lowest BCUT2D eigenvalue weighted by Crippen LogP contribution is -2.49. The summed E-state index contributed by atoms with van der Waals surface area (Å²) in [6, 6.07) is 6.65. The number of amides is 6. The molecule has 0 aromatic heterocycles. The fourth-order valence-electron chi connectivity index (χ4n) is 4.60. The third-order valence-corrected chi connectivity index (χ3v) is 6.32. The predicted molar refractivity (Wildman–Crippen MR) is 114 cm³/mol. The summed E-state index contributed by atoms with van der Waals surface area (Å²) < 4.78 is 0. The summed E-state index contributed by atoms with van der Waals surface area (Å²) in [6.07, 6.45) is 6.17. The molecule has 1 spiro atoms. The molecule has 0 unspecified atom stereocenters. The number of rotatable bonds is 5. The molecule has 3 aliphatic rings. The van der Waals surface area contributed by atoms with Gasteiger partial charge in [-0.05, 0) is 43.4 Å². The highest BCUT2D eigenvalue weighted by Gasteiger charge is 2.51. The maximum Gasteiger partial charge on any atom is 0.325 e. The second-order valence-corrected chi connectivity index (χ2v) is 8.57. The third-order valence-electron chi connectivity index (χ3n) is 6.32. The van der Waals surface area contributed by atoms with Crippen LogP contribution in [0.15, 0.2) is 24.3 Å². The molecule has 3 fully saturated rings. The summed E-state index contributed by atoms with van der Waals surface area (Å²) in [5.41, 5.74) is 0.655. The van der Waals surface area contributed by atoms with Crippen LogP contribution in [0.4, 0.5) is 15.3 Å². The van der Waals surface area contributed by atoms with Gasteiger partial charge in [0, 0.05) is 25.3 Å². The van der Waals surface area contributed by atoms with Gasteiger partial charge in [-0.3, -0.25) is 14.5 Å². The van der Waals surface area contributed by atoms with E-state index in [1.807, 2.05) is 12.1 Å². The van der Waals surface area contributed by atoms with Crippen LogP contribution in [0.3, 0.4) is 0 Å².